The van der Waals surface area contributed by atoms with Crippen LogP contribution in [0.2, 0.25) is 0 Å². The Morgan fingerprint density at radius 2 is 2.06 bits per heavy atom. The molecular formula is C11H12Cl2FNO2. The van der Waals surface area contributed by atoms with Gasteiger partial charge in [-0.1, -0.05) is 0 Å². The lowest BCUT2D eigenvalue weighted by Gasteiger charge is -2.26. The van der Waals surface area contributed by atoms with Crippen LogP contribution in [0.1, 0.15) is 17.3 Å². The van der Waals surface area contributed by atoms with Crippen LogP contribution in [0.4, 0.5) is 4.39 Å². The molecule has 0 radical (unpaired) electrons. The van der Waals surface area contributed by atoms with Gasteiger partial charge in [-0.3, -0.25) is 4.79 Å². The molecule has 0 heterocycles. The molecule has 1 amide bonds. The van der Waals surface area contributed by atoms with Crippen LogP contribution < -0.4 is 5.32 Å². The van der Waals surface area contributed by atoms with Gasteiger partial charge in [-0.25, -0.2) is 4.39 Å². The second kappa shape index (κ2) is 5.56. The van der Waals surface area contributed by atoms with E-state index in [1.807, 2.05) is 0 Å². The average Bonchev–Trinajstić information content (AvgIpc) is 2.28. The van der Waals surface area contributed by atoms with E-state index in [-0.39, 0.29) is 17.3 Å². The van der Waals surface area contributed by atoms with Crippen LogP contribution in [0.15, 0.2) is 18.2 Å². The number of rotatable bonds is 4. The van der Waals surface area contributed by atoms with Crippen molar-refractivity contribution in [3.05, 3.63) is 29.6 Å². The Balaban J connectivity index is 2.90. The molecule has 0 fully saturated rings. The van der Waals surface area contributed by atoms with Crippen molar-refractivity contribution < 1.29 is 14.3 Å². The average molecular weight is 280 g/mol. The Hall–Kier alpha value is -1.00. The first-order valence-corrected chi connectivity index (χ1v) is 5.92. The molecule has 0 unspecified atom stereocenters. The van der Waals surface area contributed by atoms with E-state index in [0.717, 1.165) is 12.1 Å². The summed E-state index contributed by atoms with van der Waals surface area (Å²) in [6.45, 7) is 1.67. The quantitative estimate of drug-likeness (QED) is 0.832. The number of nitrogens with one attached hydrogen (secondary N) is 1. The zero-order chi connectivity index (χ0) is 13.1. The number of phenols is 1. The topological polar surface area (TPSA) is 49.3 Å². The molecule has 2 N–H and O–H groups in total. The first-order valence-electron chi connectivity index (χ1n) is 4.85. The highest BCUT2D eigenvalue weighted by Crippen LogP contribution is 2.19. The summed E-state index contributed by atoms with van der Waals surface area (Å²) in [5.74, 6) is -1.33. The molecule has 0 atom stereocenters. The van der Waals surface area contributed by atoms with Gasteiger partial charge < -0.3 is 10.4 Å². The van der Waals surface area contributed by atoms with Gasteiger partial charge >= 0.3 is 0 Å². The third-order valence-corrected chi connectivity index (χ3v) is 3.39. The second-order valence-electron chi connectivity index (χ2n) is 3.94. The molecular weight excluding hydrogens is 268 g/mol. The van der Waals surface area contributed by atoms with Gasteiger partial charge in [-0.15, -0.1) is 23.2 Å². The Bertz CT molecular complexity index is 422. The number of alkyl halides is 2. The highest BCUT2D eigenvalue weighted by molar-refractivity contribution is 6.22. The van der Waals surface area contributed by atoms with Crippen molar-refractivity contribution in [2.45, 2.75) is 12.5 Å². The van der Waals surface area contributed by atoms with Gasteiger partial charge in [0.25, 0.3) is 5.91 Å². The number of amides is 1. The van der Waals surface area contributed by atoms with E-state index in [1.54, 1.807) is 6.92 Å². The van der Waals surface area contributed by atoms with Gasteiger partial charge in [0.05, 0.1) is 11.1 Å². The molecule has 0 aromatic heterocycles. The highest BCUT2D eigenvalue weighted by Gasteiger charge is 2.26. The van der Waals surface area contributed by atoms with E-state index < -0.39 is 23.0 Å². The van der Waals surface area contributed by atoms with Gasteiger partial charge in [0, 0.05) is 17.8 Å². The van der Waals surface area contributed by atoms with Crippen molar-refractivity contribution in [3.8, 4) is 5.75 Å². The van der Waals surface area contributed by atoms with E-state index >= 15 is 0 Å². The molecule has 0 aliphatic heterocycles. The summed E-state index contributed by atoms with van der Waals surface area (Å²) in [4.78, 5) is 11.8. The van der Waals surface area contributed by atoms with Crippen molar-refractivity contribution in [2.24, 2.45) is 0 Å². The molecule has 0 aliphatic carbocycles. The molecule has 0 bridgehead atoms. The lowest BCUT2D eigenvalue weighted by Crippen LogP contribution is -2.49. The summed E-state index contributed by atoms with van der Waals surface area (Å²) in [5, 5.41) is 12.0. The first kappa shape index (κ1) is 14.1. The lowest BCUT2D eigenvalue weighted by atomic mass is 10.1. The van der Waals surface area contributed by atoms with Gasteiger partial charge in [-0.05, 0) is 19.1 Å². The third kappa shape index (κ3) is 3.48. The lowest BCUT2D eigenvalue weighted by molar-refractivity contribution is 0.0918. The second-order valence-corrected chi connectivity index (χ2v) is 4.48. The Morgan fingerprint density at radius 3 is 2.53 bits per heavy atom. The zero-order valence-corrected chi connectivity index (χ0v) is 10.6. The van der Waals surface area contributed by atoms with Crippen molar-refractivity contribution in [1.29, 1.82) is 0 Å². The summed E-state index contributed by atoms with van der Waals surface area (Å²) >= 11 is 11.4. The van der Waals surface area contributed by atoms with E-state index in [4.69, 9.17) is 23.2 Å². The number of carbonyl (C=O) groups excluding carboxylic acids is 1. The fraction of sp³-hybridized carbons (Fsp3) is 0.364. The predicted octanol–water partition coefficient (Wildman–Crippen LogP) is 2.50. The Labute approximate surface area is 109 Å². The molecule has 0 saturated heterocycles. The maximum Gasteiger partial charge on any atom is 0.255 e. The highest BCUT2D eigenvalue weighted by atomic mass is 35.5. The number of benzene rings is 1. The van der Waals surface area contributed by atoms with Crippen LogP contribution in [0.25, 0.3) is 0 Å². The normalized spacial score (nSPS) is 11.3. The summed E-state index contributed by atoms with van der Waals surface area (Å²) in [5.41, 5.74) is -0.797. The molecule has 94 valence electrons. The minimum absolute atomic E-state index is 0.0205. The van der Waals surface area contributed by atoms with Crippen LogP contribution >= 0.6 is 23.2 Å². The fourth-order valence-corrected chi connectivity index (χ4v) is 1.56. The molecule has 17 heavy (non-hydrogen) atoms. The summed E-state index contributed by atoms with van der Waals surface area (Å²) < 4.78 is 12.7. The van der Waals surface area contributed by atoms with E-state index in [0.29, 0.717) is 0 Å². The molecule has 0 aliphatic rings. The van der Waals surface area contributed by atoms with E-state index in [2.05, 4.69) is 5.32 Å². The summed E-state index contributed by atoms with van der Waals surface area (Å²) in [6.07, 6.45) is 0. The molecule has 1 rings (SSSR count). The summed E-state index contributed by atoms with van der Waals surface area (Å²) in [6, 6.07) is 3.16. The molecule has 1 aromatic rings. The third-order valence-electron chi connectivity index (χ3n) is 2.21. The summed E-state index contributed by atoms with van der Waals surface area (Å²) in [7, 11) is 0. The van der Waals surface area contributed by atoms with Crippen molar-refractivity contribution >= 4 is 29.1 Å². The molecule has 6 heteroatoms. The maximum absolute atomic E-state index is 12.7. The standard InChI is InChI=1S/C11H12Cl2FNO2/c1-11(5-12,6-13)15-10(17)8-3-2-7(14)4-9(8)16/h2-4,16H,5-6H2,1H3,(H,15,17). The number of phenolic OH excluding ortho intramolecular Hbond substituents is 1. The molecule has 0 saturated carbocycles. The Kier molecular flexibility index (Phi) is 4.60. The molecule has 1 aromatic carbocycles. The van der Waals surface area contributed by atoms with Crippen LogP contribution in [-0.2, 0) is 0 Å². The van der Waals surface area contributed by atoms with E-state index in [1.165, 1.54) is 6.07 Å². The first-order chi connectivity index (χ1) is 7.91. The SMILES string of the molecule is CC(CCl)(CCl)NC(=O)c1ccc(F)cc1O. The largest absolute Gasteiger partial charge is 0.507 e. The van der Waals surface area contributed by atoms with Gasteiger partial charge in [0.1, 0.15) is 11.6 Å². The zero-order valence-electron chi connectivity index (χ0n) is 9.14. The smallest absolute Gasteiger partial charge is 0.255 e. The van der Waals surface area contributed by atoms with Gasteiger partial charge in [-0.2, -0.15) is 0 Å². The number of carbonyl (C=O) groups is 1. The number of halogens is 3. The predicted molar refractivity (Wildman–Crippen MR) is 65.4 cm³/mol. The minimum atomic E-state index is -0.777. The number of aromatic hydroxyl groups is 1. The maximum atomic E-state index is 12.7. The number of hydrogen-bond donors (Lipinski definition) is 2. The van der Waals surface area contributed by atoms with Gasteiger partial charge in [0.15, 0.2) is 0 Å². The monoisotopic (exact) mass is 279 g/mol. The van der Waals surface area contributed by atoms with Crippen LogP contribution in [0.3, 0.4) is 0 Å². The minimum Gasteiger partial charge on any atom is -0.507 e. The van der Waals surface area contributed by atoms with Crippen LogP contribution in [-0.4, -0.2) is 28.3 Å². The van der Waals surface area contributed by atoms with Crippen molar-refractivity contribution in [3.63, 3.8) is 0 Å². The van der Waals surface area contributed by atoms with E-state index in [9.17, 15) is 14.3 Å². The molecule has 0 spiro atoms. The fourth-order valence-electron chi connectivity index (χ4n) is 1.14. The van der Waals surface area contributed by atoms with Crippen LogP contribution in [0.5, 0.6) is 5.75 Å². The van der Waals surface area contributed by atoms with Crippen molar-refractivity contribution in [2.75, 3.05) is 11.8 Å². The number of hydrogen-bond acceptors (Lipinski definition) is 2. The van der Waals surface area contributed by atoms with Gasteiger partial charge in [0.2, 0.25) is 0 Å². The van der Waals surface area contributed by atoms with Crippen LogP contribution in [0, 0.1) is 5.82 Å². The Morgan fingerprint density at radius 1 is 1.47 bits per heavy atom. The molecule has 3 nitrogen and oxygen atoms in total. The van der Waals surface area contributed by atoms with Crippen molar-refractivity contribution in [1.82, 2.24) is 5.32 Å².